The smallest absolute Gasteiger partial charge is 0.262 e. The third-order valence-electron chi connectivity index (χ3n) is 7.09. The fourth-order valence-electron chi connectivity index (χ4n) is 4.90. The second kappa shape index (κ2) is 12.8. The summed E-state index contributed by atoms with van der Waals surface area (Å²) in [6.45, 7) is 4.47. The normalized spacial score (nSPS) is 13.7. The van der Waals surface area contributed by atoms with Gasteiger partial charge in [0.1, 0.15) is 24.0 Å². The Morgan fingerprint density at radius 2 is 1.95 bits per heavy atom. The van der Waals surface area contributed by atoms with Crippen LogP contribution in [0.5, 0.6) is 0 Å². The molecule has 0 radical (unpaired) electrons. The molecule has 1 amide bonds. The standard InChI is InChI=1S/C31H30ClFN2O6S/c1-18(16-40-17-39-3)23-11-4-19(12-26(23)32)15-35(42(37)38)27-14-28-25(13-24(27)20-5-6-20)29(31(36)34-2)30(41-28)21-7-9-22(33)10-8-21/h4,7-14,20H,1,5-6,15-17H2,2-3H3,(H,34,36)(H,37,38). The van der Waals surface area contributed by atoms with Crippen LogP contribution in [-0.4, -0.2) is 42.2 Å². The Kier molecular flexibility index (Phi) is 9.10. The lowest BCUT2D eigenvalue weighted by Gasteiger charge is -2.23. The summed E-state index contributed by atoms with van der Waals surface area (Å²) in [5.41, 5.74) is 4.67. The van der Waals surface area contributed by atoms with E-state index in [1.165, 1.54) is 30.6 Å². The molecule has 0 saturated heterocycles. The number of hydrogen-bond acceptors (Lipinski definition) is 5. The Balaban J connectivity index is 1.55. The van der Waals surface area contributed by atoms with Crippen LogP contribution >= 0.6 is 11.6 Å². The van der Waals surface area contributed by atoms with Crippen molar-refractivity contribution in [3.8, 4) is 11.3 Å². The van der Waals surface area contributed by atoms with Gasteiger partial charge < -0.3 is 19.2 Å². The molecule has 11 heteroatoms. The van der Waals surface area contributed by atoms with Gasteiger partial charge >= 0.3 is 0 Å². The predicted octanol–water partition coefficient (Wildman–Crippen LogP) is 6.91. The number of carbonyl (C=O) groups excluding carboxylic acids is 1. The fraction of sp³-hybridized carbons (Fsp3) is 0.258. The molecule has 2 N–H and O–H groups in total. The van der Waals surface area contributed by atoms with Crippen molar-refractivity contribution < 1.29 is 31.8 Å². The summed E-state index contributed by atoms with van der Waals surface area (Å²) in [6, 6.07) is 14.6. The van der Waals surface area contributed by atoms with Crippen molar-refractivity contribution in [1.29, 1.82) is 0 Å². The summed E-state index contributed by atoms with van der Waals surface area (Å²) in [6.07, 6.45) is 1.83. The Bertz CT molecular complexity index is 1670. The third-order valence-corrected chi connectivity index (χ3v) is 8.11. The van der Waals surface area contributed by atoms with Crippen LogP contribution in [-0.2, 0) is 27.3 Å². The van der Waals surface area contributed by atoms with Crippen LogP contribution < -0.4 is 9.62 Å². The molecule has 220 valence electrons. The number of rotatable bonds is 12. The molecule has 42 heavy (non-hydrogen) atoms. The van der Waals surface area contributed by atoms with E-state index in [1.807, 2.05) is 12.1 Å². The van der Waals surface area contributed by atoms with Crippen molar-refractivity contribution in [2.24, 2.45) is 0 Å². The van der Waals surface area contributed by atoms with Crippen molar-refractivity contribution >= 4 is 51.0 Å². The molecule has 1 saturated carbocycles. The minimum Gasteiger partial charge on any atom is -0.455 e. The minimum absolute atomic E-state index is 0.0782. The zero-order valence-corrected chi connectivity index (χ0v) is 24.7. The predicted molar refractivity (Wildman–Crippen MR) is 162 cm³/mol. The first kappa shape index (κ1) is 29.9. The maximum atomic E-state index is 13.6. The quantitative estimate of drug-likeness (QED) is 0.102. The summed E-state index contributed by atoms with van der Waals surface area (Å²) in [5, 5.41) is 3.67. The van der Waals surface area contributed by atoms with Crippen LogP contribution in [0.4, 0.5) is 10.1 Å². The summed E-state index contributed by atoms with van der Waals surface area (Å²) in [4.78, 5) is 13.0. The first-order valence-corrected chi connectivity index (χ1v) is 14.7. The lowest BCUT2D eigenvalue weighted by atomic mass is 10.00. The highest BCUT2D eigenvalue weighted by Gasteiger charge is 2.32. The van der Waals surface area contributed by atoms with Gasteiger partial charge in [-0.05, 0) is 77.4 Å². The van der Waals surface area contributed by atoms with E-state index in [9.17, 15) is 17.9 Å². The second-order valence-corrected chi connectivity index (χ2v) is 11.3. The first-order valence-electron chi connectivity index (χ1n) is 13.2. The number of benzene rings is 3. The number of halogens is 2. The van der Waals surface area contributed by atoms with Crippen molar-refractivity contribution in [3.05, 3.63) is 94.3 Å². The molecule has 0 aliphatic heterocycles. The van der Waals surface area contributed by atoms with Gasteiger partial charge in [-0.3, -0.25) is 13.7 Å². The molecule has 1 fully saturated rings. The van der Waals surface area contributed by atoms with Crippen molar-refractivity contribution in [2.45, 2.75) is 25.3 Å². The number of furan rings is 1. The number of nitrogens with zero attached hydrogens (tertiary/aromatic N) is 1. The molecular formula is C31H30ClFN2O6S. The van der Waals surface area contributed by atoms with Crippen molar-refractivity contribution in [3.63, 3.8) is 0 Å². The summed E-state index contributed by atoms with van der Waals surface area (Å²) < 4.78 is 54.7. The van der Waals surface area contributed by atoms with Gasteiger partial charge in [0.05, 0.1) is 24.4 Å². The van der Waals surface area contributed by atoms with Gasteiger partial charge in [0.25, 0.3) is 17.2 Å². The highest BCUT2D eigenvalue weighted by Crippen LogP contribution is 2.48. The third kappa shape index (κ3) is 6.28. The molecular weight excluding hydrogens is 583 g/mol. The molecule has 1 aliphatic rings. The number of amides is 1. The highest BCUT2D eigenvalue weighted by atomic mass is 35.5. The first-order chi connectivity index (χ1) is 20.2. The number of fused-ring (bicyclic) bond motifs is 1. The highest BCUT2D eigenvalue weighted by molar-refractivity contribution is 7.80. The largest absolute Gasteiger partial charge is 0.455 e. The molecule has 1 unspecified atom stereocenters. The maximum Gasteiger partial charge on any atom is 0.262 e. The van der Waals surface area contributed by atoms with Crippen LogP contribution in [0, 0.1) is 5.82 Å². The molecule has 1 atom stereocenters. The molecule has 1 aromatic heterocycles. The molecule has 0 spiro atoms. The van der Waals surface area contributed by atoms with Gasteiger partial charge in [-0.1, -0.05) is 30.3 Å². The van der Waals surface area contributed by atoms with Crippen molar-refractivity contribution in [2.75, 3.05) is 31.9 Å². The average Bonchev–Trinajstić information content (AvgIpc) is 3.75. The molecule has 3 aromatic carbocycles. The molecule has 1 aliphatic carbocycles. The van der Waals surface area contributed by atoms with E-state index < -0.39 is 17.1 Å². The SMILES string of the molecule is C=C(COCOC)c1ccc(CN(c2cc3oc(-c4ccc(F)cc4)c(C(=O)NC)c3cc2C2CC2)S(=O)O)cc1Cl. The van der Waals surface area contributed by atoms with Gasteiger partial charge in [0.2, 0.25) is 0 Å². The van der Waals surface area contributed by atoms with E-state index in [-0.39, 0.29) is 37.5 Å². The zero-order chi connectivity index (χ0) is 30.0. The van der Waals surface area contributed by atoms with E-state index in [0.29, 0.717) is 49.5 Å². The number of hydrogen-bond donors (Lipinski definition) is 2. The summed E-state index contributed by atoms with van der Waals surface area (Å²) in [5.74, 6) is -0.308. The van der Waals surface area contributed by atoms with E-state index in [1.54, 1.807) is 30.3 Å². The van der Waals surface area contributed by atoms with E-state index in [4.69, 9.17) is 25.5 Å². The fourth-order valence-corrected chi connectivity index (χ4v) is 5.82. The number of anilines is 1. The lowest BCUT2D eigenvalue weighted by molar-refractivity contribution is -0.0164. The van der Waals surface area contributed by atoms with E-state index >= 15 is 0 Å². The topological polar surface area (TPSA) is 101 Å². The van der Waals surface area contributed by atoms with Crippen molar-refractivity contribution in [1.82, 2.24) is 5.32 Å². The number of methoxy groups -OCH3 is 1. The van der Waals surface area contributed by atoms with Crippen LogP contribution in [0.25, 0.3) is 27.9 Å². The second-order valence-electron chi connectivity index (χ2n) is 10.0. The molecule has 5 rings (SSSR count). The van der Waals surface area contributed by atoms with Gasteiger partial charge in [-0.2, -0.15) is 0 Å². The average molecular weight is 613 g/mol. The Hall–Kier alpha value is -3.54. The van der Waals surface area contributed by atoms with E-state index in [2.05, 4.69) is 11.9 Å². The Morgan fingerprint density at radius 3 is 2.57 bits per heavy atom. The Morgan fingerprint density at radius 1 is 1.21 bits per heavy atom. The molecule has 0 bridgehead atoms. The van der Waals surface area contributed by atoms with Gasteiger partial charge in [0.15, 0.2) is 0 Å². The number of carbonyl (C=O) groups is 1. The minimum atomic E-state index is -2.39. The summed E-state index contributed by atoms with van der Waals surface area (Å²) >= 11 is 4.17. The zero-order valence-electron chi connectivity index (χ0n) is 23.1. The monoisotopic (exact) mass is 612 g/mol. The van der Waals surface area contributed by atoms with Gasteiger partial charge in [-0.25, -0.2) is 8.60 Å². The van der Waals surface area contributed by atoms with Gasteiger partial charge in [0, 0.05) is 36.2 Å². The van der Waals surface area contributed by atoms with E-state index in [0.717, 1.165) is 18.4 Å². The maximum absolute atomic E-state index is 13.6. The number of ether oxygens (including phenoxy) is 2. The van der Waals surface area contributed by atoms with Crippen LogP contribution in [0.15, 0.2) is 65.6 Å². The van der Waals surface area contributed by atoms with Gasteiger partial charge in [-0.15, -0.1) is 0 Å². The van der Waals surface area contributed by atoms with Crippen LogP contribution in [0.1, 0.15) is 45.8 Å². The van der Waals surface area contributed by atoms with Crippen LogP contribution in [0.3, 0.4) is 0 Å². The van der Waals surface area contributed by atoms with Crippen LogP contribution in [0.2, 0.25) is 5.02 Å². The Labute approximate surface area is 250 Å². The summed E-state index contributed by atoms with van der Waals surface area (Å²) in [7, 11) is 3.06. The molecule has 8 nitrogen and oxygen atoms in total. The number of nitrogens with one attached hydrogen (secondary N) is 1. The molecule has 1 heterocycles. The lowest BCUT2D eigenvalue weighted by Crippen LogP contribution is -2.25. The molecule has 4 aromatic rings.